The third-order valence-corrected chi connectivity index (χ3v) is 2.94. The highest BCUT2D eigenvalue weighted by Crippen LogP contribution is 2.27. The van der Waals surface area contributed by atoms with Crippen molar-refractivity contribution in [3.8, 4) is 0 Å². The zero-order valence-electron chi connectivity index (χ0n) is 10.1. The first-order valence-electron chi connectivity index (χ1n) is 5.70. The van der Waals surface area contributed by atoms with Gasteiger partial charge >= 0.3 is 0 Å². The van der Waals surface area contributed by atoms with E-state index in [-0.39, 0.29) is 18.5 Å². The van der Waals surface area contributed by atoms with E-state index in [2.05, 4.69) is 16.4 Å². The van der Waals surface area contributed by atoms with Crippen LogP contribution in [0, 0.1) is 6.92 Å². The molecule has 0 saturated heterocycles. The van der Waals surface area contributed by atoms with Gasteiger partial charge in [0.2, 0.25) is 5.91 Å². The van der Waals surface area contributed by atoms with Gasteiger partial charge in [0.15, 0.2) is 0 Å². The molecule has 0 bridgehead atoms. The van der Waals surface area contributed by atoms with Crippen molar-refractivity contribution in [3.05, 3.63) is 35.5 Å². The number of nitrogens with two attached hydrogens (primary N) is 1. The summed E-state index contributed by atoms with van der Waals surface area (Å²) in [7, 11) is 0. The Bertz CT molecular complexity index is 545. The molecule has 90 valence electrons. The molecule has 1 heterocycles. The van der Waals surface area contributed by atoms with Crippen LogP contribution in [-0.2, 0) is 4.79 Å². The molecule has 4 nitrogen and oxygen atoms in total. The van der Waals surface area contributed by atoms with Gasteiger partial charge in [-0.15, -0.1) is 0 Å². The summed E-state index contributed by atoms with van der Waals surface area (Å²) in [5.74, 6) is -0.137. The quantitative estimate of drug-likeness (QED) is 0.751. The van der Waals surface area contributed by atoms with E-state index in [9.17, 15) is 4.79 Å². The van der Waals surface area contributed by atoms with E-state index in [0.717, 1.165) is 22.2 Å². The molecule has 0 radical (unpaired) electrons. The van der Waals surface area contributed by atoms with Crippen molar-refractivity contribution in [2.24, 2.45) is 5.73 Å². The SMILES string of the molecule is Cc1[nH]c2ccccc2c1C(C)NC(=O)CN. The first kappa shape index (κ1) is 11.7. The summed E-state index contributed by atoms with van der Waals surface area (Å²) in [5.41, 5.74) is 8.60. The second-order valence-electron chi connectivity index (χ2n) is 4.20. The first-order chi connectivity index (χ1) is 8.13. The van der Waals surface area contributed by atoms with Gasteiger partial charge in [-0.25, -0.2) is 0 Å². The molecule has 0 aliphatic rings. The van der Waals surface area contributed by atoms with Crippen LogP contribution in [0.4, 0.5) is 0 Å². The third kappa shape index (κ3) is 2.17. The van der Waals surface area contributed by atoms with Crippen molar-refractivity contribution in [3.63, 3.8) is 0 Å². The molecule has 1 unspecified atom stereocenters. The maximum atomic E-state index is 11.3. The van der Waals surface area contributed by atoms with E-state index >= 15 is 0 Å². The number of rotatable bonds is 3. The van der Waals surface area contributed by atoms with Crippen molar-refractivity contribution >= 4 is 16.8 Å². The summed E-state index contributed by atoms with van der Waals surface area (Å²) in [4.78, 5) is 14.6. The van der Waals surface area contributed by atoms with Crippen molar-refractivity contribution in [2.45, 2.75) is 19.9 Å². The molecule has 2 aromatic rings. The molecule has 0 aliphatic heterocycles. The number of para-hydroxylation sites is 1. The number of carbonyl (C=O) groups excluding carboxylic acids is 1. The van der Waals surface area contributed by atoms with Crippen molar-refractivity contribution in [1.29, 1.82) is 0 Å². The van der Waals surface area contributed by atoms with Gasteiger partial charge in [-0.3, -0.25) is 4.79 Å². The van der Waals surface area contributed by atoms with Crippen LogP contribution in [0.2, 0.25) is 0 Å². The smallest absolute Gasteiger partial charge is 0.234 e. The van der Waals surface area contributed by atoms with Crippen LogP contribution in [0.1, 0.15) is 24.2 Å². The topological polar surface area (TPSA) is 70.9 Å². The second kappa shape index (κ2) is 4.59. The van der Waals surface area contributed by atoms with E-state index in [4.69, 9.17) is 5.73 Å². The Morgan fingerprint density at radius 2 is 2.18 bits per heavy atom. The van der Waals surface area contributed by atoms with E-state index in [0.29, 0.717) is 0 Å². The number of nitrogens with one attached hydrogen (secondary N) is 2. The number of amides is 1. The average Bonchev–Trinajstić information content (AvgIpc) is 2.64. The number of benzene rings is 1. The maximum absolute atomic E-state index is 11.3. The highest BCUT2D eigenvalue weighted by Gasteiger charge is 2.15. The van der Waals surface area contributed by atoms with Gasteiger partial charge in [0.25, 0.3) is 0 Å². The first-order valence-corrected chi connectivity index (χ1v) is 5.70. The Kier molecular flexibility index (Phi) is 3.15. The van der Waals surface area contributed by atoms with Gasteiger partial charge in [0.1, 0.15) is 0 Å². The second-order valence-corrected chi connectivity index (χ2v) is 4.20. The minimum atomic E-state index is -0.137. The lowest BCUT2D eigenvalue weighted by Gasteiger charge is -2.14. The summed E-state index contributed by atoms with van der Waals surface area (Å²) < 4.78 is 0. The standard InChI is InChI=1S/C13H17N3O/c1-8-13(9(2)16-12(17)7-14)10-5-3-4-6-11(10)15-8/h3-6,9,15H,7,14H2,1-2H3,(H,16,17). The minimum Gasteiger partial charge on any atom is -0.358 e. The molecular weight excluding hydrogens is 214 g/mol. The molecule has 0 spiro atoms. The summed E-state index contributed by atoms with van der Waals surface area (Å²) in [5, 5.41) is 4.03. The molecule has 1 aromatic heterocycles. The summed E-state index contributed by atoms with van der Waals surface area (Å²) in [6.45, 7) is 4.00. The summed E-state index contributed by atoms with van der Waals surface area (Å²) in [6, 6.07) is 8.03. The predicted octanol–water partition coefficient (Wildman–Crippen LogP) is 1.61. The fourth-order valence-corrected chi connectivity index (χ4v) is 2.23. The molecule has 2 rings (SSSR count). The highest BCUT2D eigenvalue weighted by atomic mass is 16.1. The van der Waals surface area contributed by atoms with Gasteiger partial charge in [0, 0.05) is 22.2 Å². The van der Waals surface area contributed by atoms with Crippen molar-refractivity contribution in [1.82, 2.24) is 10.3 Å². The molecule has 17 heavy (non-hydrogen) atoms. The Morgan fingerprint density at radius 1 is 1.47 bits per heavy atom. The van der Waals surface area contributed by atoms with Gasteiger partial charge in [-0.05, 0) is 19.9 Å². The molecule has 4 heteroatoms. The van der Waals surface area contributed by atoms with E-state index in [1.54, 1.807) is 0 Å². The molecule has 1 aromatic carbocycles. The Balaban J connectivity index is 2.40. The highest BCUT2D eigenvalue weighted by molar-refractivity contribution is 5.86. The van der Waals surface area contributed by atoms with Crippen LogP contribution >= 0.6 is 0 Å². The number of carbonyl (C=O) groups is 1. The molecule has 0 aliphatic carbocycles. The van der Waals surface area contributed by atoms with Crippen LogP contribution in [0.5, 0.6) is 0 Å². The van der Waals surface area contributed by atoms with E-state index in [1.165, 1.54) is 0 Å². The fourth-order valence-electron chi connectivity index (χ4n) is 2.23. The number of hydrogen-bond acceptors (Lipinski definition) is 2. The fraction of sp³-hybridized carbons (Fsp3) is 0.308. The molecule has 1 amide bonds. The van der Waals surface area contributed by atoms with Gasteiger partial charge in [-0.1, -0.05) is 18.2 Å². The normalized spacial score (nSPS) is 12.6. The van der Waals surface area contributed by atoms with Crippen molar-refractivity contribution in [2.75, 3.05) is 6.54 Å². The van der Waals surface area contributed by atoms with Gasteiger partial charge < -0.3 is 16.0 Å². The average molecular weight is 231 g/mol. The zero-order valence-corrected chi connectivity index (χ0v) is 10.1. The van der Waals surface area contributed by atoms with E-state index < -0.39 is 0 Å². The molecule has 0 saturated carbocycles. The lowest BCUT2D eigenvalue weighted by molar-refractivity contribution is -0.120. The molecule has 0 fully saturated rings. The lowest BCUT2D eigenvalue weighted by Crippen LogP contribution is -2.32. The number of aromatic nitrogens is 1. The Hall–Kier alpha value is -1.81. The van der Waals surface area contributed by atoms with Gasteiger partial charge in [0.05, 0.1) is 12.6 Å². The largest absolute Gasteiger partial charge is 0.358 e. The number of hydrogen-bond donors (Lipinski definition) is 3. The third-order valence-electron chi connectivity index (χ3n) is 2.94. The number of aryl methyl sites for hydroxylation is 1. The number of aromatic amines is 1. The zero-order chi connectivity index (χ0) is 12.4. The monoisotopic (exact) mass is 231 g/mol. The van der Waals surface area contributed by atoms with Crippen LogP contribution in [0.3, 0.4) is 0 Å². The van der Waals surface area contributed by atoms with Crippen LogP contribution in [-0.4, -0.2) is 17.4 Å². The molecular formula is C13H17N3O. The Morgan fingerprint density at radius 3 is 2.88 bits per heavy atom. The van der Waals surface area contributed by atoms with Crippen LogP contribution in [0.25, 0.3) is 10.9 Å². The van der Waals surface area contributed by atoms with Crippen LogP contribution in [0.15, 0.2) is 24.3 Å². The summed E-state index contributed by atoms with van der Waals surface area (Å²) >= 11 is 0. The maximum Gasteiger partial charge on any atom is 0.234 e. The summed E-state index contributed by atoms with van der Waals surface area (Å²) in [6.07, 6.45) is 0. The van der Waals surface area contributed by atoms with Crippen molar-refractivity contribution < 1.29 is 4.79 Å². The van der Waals surface area contributed by atoms with E-state index in [1.807, 2.05) is 32.0 Å². The van der Waals surface area contributed by atoms with Gasteiger partial charge in [-0.2, -0.15) is 0 Å². The predicted molar refractivity (Wildman–Crippen MR) is 68.6 cm³/mol. The number of fused-ring (bicyclic) bond motifs is 1. The Labute approximate surface area is 100 Å². The lowest BCUT2D eigenvalue weighted by atomic mass is 10.0. The molecule has 4 N–H and O–H groups in total. The minimum absolute atomic E-state index is 0.0196. The number of H-pyrrole nitrogens is 1. The molecule has 1 atom stereocenters. The van der Waals surface area contributed by atoms with Crippen LogP contribution < -0.4 is 11.1 Å².